The summed E-state index contributed by atoms with van der Waals surface area (Å²) >= 11 is 8.36. The van der Waals surface area contributed by atoms with Crippen LogP contribution >= 0.6 is 28.1 Å². The van der Waals surface area contributed by atoms with Crippen molar-refractivity contribution in [1.29, 1.82) is 0 Å². The van der Waals surface area contributed by atoms with Gasteiger partial charge in [0.25, 0.3) is 11.8 Å². The molecule has 3 N–H and O–H groups in total. The molecule has 1 unspecified atom stereocenters. The number of methoxy groups -OCH3 is 1. The molecule has 2 aromatic carbocycles. The number of hydrogen-bond donors (Lipinski definition) is 3. The molecule has 2 rings (SSSR count). The number of halogens is 1. The van der Waals surface area contributed by atoms with Gasteiger partial charge in [-0.05, 0) is 74.4 Å². The van der Waals surface area contributed by atoms with Gasteiger partial charge in [-0.3, -0.25) is 25.8 Å². The van der Waals surface area contributed by atoms with Crippen molar-refractivity contribution < 1.29 is 19.1 Å². The van der Waals surface area contributed by atoms with Gasteiger partial charge in [-0.25, -0.2) is 0 Å². The van der Waals surface area contributed by atoms with Crippen LogP contribution < -0.4 is 25.6 Å². The predicted octanol–water partition coefficient (Wildman–Crippen LogP) is 3.18. The molecule has 0 aliphatic rings. The molecule has 0 saturated carbocycles. The van der Waals surface area contributed by atoms with Crippen LogP contribution in [0.25, 0.3) is 0 Å². The van der Waals surface area contributed by atoms with Crippen LogP contribution in [0.2, 0.25) is 0 Å². The maximum Gasteiger partial charge on any atom is 0.279 e. The monoisotopic (exact) mass is 479 g/mol. The van der Waals surface area contributed by atoms with Crippen molar-refractivity contribution in [2.45, 2.75) is 26.9 Å². The molecule has 2 amide bonds. The SMILES string of the molecule is COc1ccc(Br)cc1C(=O)NC(=S)NNC(=O)C(C)Oc1ccc(C)c(C)c1. The second-order valence-corrected chi connectivity index (χ2v) is 7.57. The second-order valence-electron chi connectivity index (χ2n) is 6.25. The fourth-order valence-corrected chi connectivity index (χ4v) is 2.83. The van der Waals surface area contributed by atoms with Crippen molar-refractivity contribution in [2.24, 2.45) is 0 Å². The predicted molar refractivity (Wildman–Crippen MR) is 118 cm³/mol. The van der Waals surface area contributed by atoms with Crippen molar-refractivity contribution in [3.05, 3.63) is 57.6 Å². The Bertz CT molecular complexity index is 936. The molecule has 0 fully saturated rings. The van der Waals surface area contributed by atoms with Gasteiger partial charge in [-0.15, -0.1) is 0 Å². The number of aryl methyl sites for hydroxylation is 2. The normalized spacial score (nSPS) is 11.2. The lowest BCUT2D eigenvalue weighted by Gasteiger charge is -2.17. The zero-order valence-corrected chi connectivity index (χ0v) is 18.9. The third-order valence-electron chi connectivity index (χ3n) is 4.09. The van der Waals surface area contributed by atoms with Crippen molar-refractivity contribution >= 4 is 45.1 Å². The summed E-state index contributed by atoms with van der Waals surface area (Å²) in [6.45, 7) is 5.58. The van der Waals surface area contributed by atoms with E-state index >= 15 is 0 Å². The van der Waals surface area contributed by atoms with E-state index < -0.39 is 17.9 Å². The largest absolute Gasteiger partial charge is 0.496 e. The Balaban J connectivity index is 1.88. The van der Waals surface area contributed by atoms with Crippen LogP contribution in [0.15, 0.2) is 40.9 Å². The lowest BCUT2D eigenvalue weighted by molar-refractivity contribution is -0.127. The molecule has 0 bridgehead atoms. The molecule has 0 heterocycles. The summed E-state index contributed by atoms with van der Waals surface area (Å²) in [6.07, 6.45) is -0.770. The van der Waals surface area contributed by atoms with Crippen LogP contribution in [-0.2, 0) is 4.79 Å². The third kappa shape index (κ3) is 6.43. The van der Waals surface area contributed by atoms with Gasteiger partial charge in [0.05, 0.1) is 12.7 Å². The molecular weight excluding hydrogens is 458 g/mol. The average molecular weight is 480 g/mol. The van der Waals surface area contributed by atoms with Gasteiger partial charge in [0.2, 0.25) is 0 Å². The van der Waals surface area contributed by atoms with Gasteiger partial charge in [0, 0.05) is 4.47 Å². The highest BCUT2D eigenvalue weighted by Crippen LogP contribution is 2.22. The summed E-state index contributed by atoms with van der Waals surface area (Å²) in [5.41, 5.74) is 7.41. The van der Waals surface area contributed by atoms with Gasteiger partial charge in [-0.1, -0.05) is 22.0 Å². The van der Waals surface area contributed by atoms with Gasteiger partial charge in [0.15, 0.2) is 11.2 Å². The van der Waals surface area contributed by atoms with E-state index in [9.17, 15) is 9.59 Å². The zero-order valence-electron chi connectivity index (χ0n) is 16.5. The summed E-state index contributed by atoms with van der Waals surface area (Å²) in [7, 11) is 1.47. The third-order valence-corrected chi connectivity index (χ3v) is 4.79. The Kier molecular flexibility index (Phi) is 7.98. The Morgan fingerprint density at radius 3 is 2.45 bits per heavy atom. The molecule has 0 aliphatic heterocycles. The first-order valence-electron chi connectivity index (χ1n) is 8.70. The molecule has 1 atom stereocenters. The van der Waals surface area contributed by atoms with E-state index in [-0.39, 0.29) is 5.11 Å². The summed E-state index contributed by atoms with van der Waals surface area (Å²) in [4.78, 5) is 24.6. The number of nitrogens with one attached hydrogen (secondary N) is 3. The summed E-state index contributed by atoms with van der Waals surface area (Å²) in [5.74, 6) is 0.0653. The first-order valence-corrected chi connectivity index (χ1v) is 9.90. The van der Waals surface area contributed by atoms with E-state index in [1.807, 2.05) is 26.0 Å². The molecular formula is C20H22BrN3O4S. The van der Waals surface area contributed by atoms with E-state index in [0.717, 1.165) is 11.1 Å². The number of carbonyl (C=O) groups is 2. The van der Waals surface area contributed by atoms with Crippen molar-refractivity contribution in [2.75, 3.05) is 7.11 Å². The highest BCUT2D eigenvalue weighted by atomic mass is 79.9. The van der Waals surface area contributed by atoms with Crippen molar-refractivity contribution in [3.8, 4) is 11.5 Å². The number of thiocarbonyl (C=S) groups is 1. The molecule has 0 aliphatic carbocycles. The molecule has 7 nitrogen and oxygen atoms in total. The molecule has 0 aromatic heterocycles. The number of amides is 2. The quantitative estimate of drug-likeness (QED) is 0.450. The van der Waals surface area contributed by atoms with Crippen molar-refractivity contribution in [1.82, 2.24) is 16.2 Å². The standard InChI is InChI=1S/C20H22BrN3O4S/c1-11-5-7-15(9-12(11)2)28-13(3)18(25)23-24-20(29)22-19(26)16-10-14(21)6-8-17(16)27-4/h5-10,13H,1-4H3,(H,23,25)(H2,22,24,26,29). The number of hydrazine groups is 1. The minimum Gasteiger partial charge on any atom is -0.496 e. The lowest BCUT2D eigenvalue weighted by Crippen LogP contribution is -2.51. The smallest absolute Gasteiger partial charge is 0.279 e. The second kappa shape index (κ2) is 10.2. The van der Waals surface area contributed by atoms with E-state index in [2.05, 4.69) is 32.1 Å². The Labute approximate surface area is 183 Å². The molecule has 0 saturated heterocycles. The van der Waals surface area contributed by atoms with Crippen LogP contribution in [-0.4, -0.2) is 30.1 Å². The number of rotatable bonds is 5. The summed E-state index contributed by atoms with van der Waals surface area (Å²) in [5, 5.41) is 2.41. The maximum atomic E-state index is 12.4. The molecule has 2 aromatic rings. The summed E-state index contributed by atoms with van der Waals surface area (Å²) < 4.78 is 11.5. The Morgan fingerprint density at radius 1 is 1.07 bits per heavy atom. The van der Waals surface area contributed by atoms with Crippen LogP contribution in [0.1, 0.15) is 28.4 Å². The minimum atomic E-state index is -0.770. The first-order chi connectivity index (χ1) is 13.7. The number of benzene rings is 2. The number of carbonyl (C=O) groups excluding carboxylic acids is 2. The number of ether oxygens (including phenoxy) is 2. The van der Waals surface area contributed by atoms with Crippen LogP contribution in [0.4, 0.5) is 0 Å². The fourth-order valence-electron chi connectivity index (χ4n) is 2.32. The van der Waals surface area contributed by atoms with E-state index in [4.69, 9.17) is 21.7 Å². The van der Waals surface area contributed by atoms with Crippen LogP contribution in [0.3, 0.4) is 0 Å². The van der Waals surface area contributed by atoms with Gasteiger partial charge < -0.3 is 9.47 Å². The van der Waals surface area contributed by atoms with Gasteiger partial charge in [0.1, 0.15) is 11.5 Å². The van der Waals surface area contributed by atoms with Crippen molar-refractivity contribution in [3.63, 3.8) is 0 Å². The zero-order chi connectivity index (χ0) is 21.6. The lowest BCUT2D eigenvalue weighted by atomic mass is 10.1. The fraction of sp³-hybridized carbons (Fsp3) is 0.250. The molecule has 154 valence electrons. The molecule has 0 spiro atoms. The maximum absolute atomic E-state index is 12.4. The van der Waals surface area contributed by atoms with E-state index in [0.29, 0.717) is 21.5 Å². The van der Waals surface area contributed by atoms with Crippen LogP contribution in [0, 0.1) is 13.8 Å². The molecule has 29 heavy (non-hydrogen) atoms. The average Bonchev–Trinajstić information content (AvgIpc) is 2.68. The van der Waals surface area contributed by atoms with Gasteiger partial charge >= 0.3 is 0 Å². The summed E-state index contributed by atoms with van der Waals surface area (Å²) in [6, 6.07) is 10.6. The Hall–Kier alpha value is -2.65. The highest BCUT2D eigenvalue weighted by molar-refractivity contribution is 9.10. The van der Waals surface area contributed by atoms with E-state index in [1.165, 1.54) is 7.11 Å². The minimum absolute atomic E-state index is 0.0660. The number of hydrogen-bond acceptors (Lipinski definition) is 5. The first kappa shape index (κ1) is 22.6. The van der Waals surface area contributed by atoms with Crippen LogP contribution in [0.5, 0.6) is 11.5 Å². The van der Waals surface area contributed by atoms with E-state index in [1.54, 1.807) is 31.2 Å². The molecule has 9 heteroatoms. The Morgan fingerprint density at radius 2 is 1.79 bits per heavy atom. The van der Waals surface area contributed by atoms with Gasteiger partial charge in [-0.2, -0.15) is 0 Å². The topological polar surface area (TPSA) is 88.7 Å². The molecule has 0 radical (unpaired) electrons. The highest BCUT2D eigenvalue weighted by Gasteiger charge is 2.17.